The van der Waals surface area contributed by atoms with Crippen LogP contribution in [0.25, 0.3) is 0 Å². The van der Waals surface area contributed by atoms with Crippen molar-refractivity contribution in [1.29, 1.82) is 0 Å². The second kappa shape index (κ2) is 9.61. The third-order valence-corrected chi connectivity index (χ3v) is 5.37. The first-order valence-corrected chi connectivity index (χ1v) is 9.78. The van der Waals surface area contributed by atoms with E-state index in [1.807, 2.05) is 30.3 Å². The van der Waals surface area contributed by atoms with E-state index in [0.29, 0.717) is 6.54 Å². The van der Waals surface area contributed by atoms with Gasteiger partial charge in [-0.05, 0) is 29.8 Å². The number of hydrogen-bond donors (Lipinski definition) is 2. The summed E-state index contributed by atoms with van der Waals surface area (Å²) in [7, 11) is 0. The Morgan fingerprint density at radius 2 is 1.76 bits per heavy atom. The molecule has 0 spiro atoms. The Hall–Kier alpha value is -1.82. The van der Waals surface area contributed by atoms with Crippen molar-refractivity contribution in [2.45, 2.75) is 10.6 Å². The van der Waals surface area contributed by atoms with Gasteiger partial charge in [0.2, 0.25) is 0 Å². The summed E-state index contributed by atoms with van der Waals surface area (Å²) in [6.07, 6.45) is 0. The van der Waals surface area contributed by atoms with Crippen LogP contribution < -0.4 is 10.6 Å². The van der Waals surface area contributed by atoms with Crippen LogP contribution in [-0.2, 0) is 5.75 Å². The number of hydrogen-bond acceptors (Lipinski definition) is 4. The molecule has 5 heteroatoms. The first kappa shape index (κ1) is 18.0. The Morgan fingerprint density at radius 1 is 1.04 bits per heavy atom. The van der Waals surface area contributed by atoms with Crippen molar-refractivity contribution in [3.63, 3.8) is 0 Å². The minimum absolute atomic E-state index is 0.00902. The lowest BCUT2D eigenvalue weighted by atomic mass is 10.2. The Balaban J connectivity index is 1.42. The molecule has 132 valence electrons. The number of amides is 1. The largest absolute Gasteiger partial charge is 0.351 e. The summed E-state index contributed by atoms with van der Waals surface area (Å²) in [6, 6.07) is 18.3. The zero-order chi connectivity index (χ0) is 17.3. The average Bonchev–Trinajstić information content (AvgIpc) is 2.68. The molecule has 1 aliphatic rings. The zero-order valence-corrected chi connectivity index (χ0v) is 15.2. The number of piperazine rings is 1. The zero-order valence-electron chi connectivity index (χ0n) is 14.4. The van der Waals surface area contributed by atoms with E-state index in [0.717, 1.165) is 44.0 Å². The summed E-state index contributed by atoms with van der Waals surface area (Å²) in [5.74, 6) is 0.951. The van der Waals surface area contributed by atoms with Crippen molar-refractivity contribution in [3.05, 3.63) is 65.7 Å². The molecule has 2 aromatic rings. The standard InChI is InChI=1S/C20H25N3OS/c24-20(22-12-15-23-13-10-21-11-14-23)18-6-8-19(9-7-18)25-16-17-4-2-1-3-5-17/h1-9,21H,10-16H2,(H,22,24). The van der Waals surface area contributed by atoms with Crippen LogP contribution in [0.5, 0.6) is 0 Å². The minimum atomic E-state index is 0.00902. The van der Waals surface area contributed by atoms with Gasteiger partial charge < -0.3 is 10.6 Å². The number of benzene rings is 2. The molecule has 0 bridgehead atoms. The number of carbonyl (C=O) groups excluding carboxylic acids is 1. The van der Waals surface area contributed by atoms with Gasteiger partial charge in [0.05, 0.1) is 0 Å². The van der Waals surface area contributed by atoms with Crippen LogP contribution >= 0.6 is 11.8 Å². The molecular formula is C20H25N3OS. The number of nitrogens with one attached hydrogen (secondary N) is 2. The lowest BCUT2D eigenvalue weighted by Crippen LogP contribution is -2.46. The van der Waals surface area contributed by atoms with Gasteiger partial charge in [0.25, 0.3) is 5.91 Å². The summed E-state index contributed by atoms with van der Waals surface area (Å²) in [5.41, 5.74) is 2.03. The van der Waals surface area contributed by atoms with E-state index < -0.39 is 0 Å². The predicted octanol–water partition coefficient (Wildman–Crippen LogP) is 2.61. The monoisotopic (exact) mass is 355 g/mol. The number of nitrogens with zero attached hydrogens (tertiary/aromatic N) is 1. The Kier molecular flexibility index (Phi) is 6.91. The Bertz CT molecular complexity index is 654. The molecule has 1 aliphatic heterocycles. The summed E-state index contributed by atoms with van der Waals surface area (Å²) >= 11 is 1.79. The molecule has 0 atom stereocenters. The van der Waals surface area contributed by atoms with Crippen LogP contribution in [0, 0.1) is 0 Å². The van der Waals surface area contributed by atoms with Gasteiger partial charge in [0.15, 0.2) is 0 Å². The molecule has 2 N–H and O–H groups in total. The summed E-state index contributed by atoms with van der Waals surface area (Å²) in [4.78, 5) is 15.8. The highest BCUT2D eigenvalue weighted by molar-refractivity contribution is 7.98. The highest BCUT2D eigenvalue weighted by Gasteiger charge is 2.10. The van der Waals surface area contributed by atoms with E-state index in [4.69, 9.17) is 0 Å². The first-order valence-electron chi connectivity index (χ1n) is 8.79. The van der Waals surface area contributed by atoms with Gasteiger partial charge in [0, 0.05) is 55.5 Å². The predicted molar refractivity (Wildman–Crippen MR) is 104 cm³/mol. The maximum absolute atomic E-state index is 12.2. The molecule has 0 aromatic heterocycles. The lowest BCUT2D eigenvalue weighted by Gasteiger charge is -2.27. The highest BCUT2D eigenvalue weighted by atomic mass is 32.2. The SMILES string of the molecule is O=C(NCCN1CCNCC1)c1ccc(SCc2ccccc2)cc1. The third-order valence-electron chi connectivity index (χ3n) is 4.29. The van der Waals surface area contributed by atoms with Crippen molar-refractivity contribution in [2.75, 3.05) is 39.3 Å². The topological polar surface area (TPSA) is 44.4 Å². The summed E-state index contributed by atoms with van der Waals surface area (Å²) in [6.45, 7) is 5.81. The van der Waals surface area contributed by atoms with Gasteiger partial charge in [-0.1, -0.05) is 30.3 Å². The number of carbonyl (C=O) groups is 1. The normalized spacial score (nSPS) is 15.0. The second-order valence-electron chi connectivity index (χ2n) is 6.15. The molecule has 0 aliphatic carbocycles. The van der Waals surface area contributed by atoms with E-state index in [1.165, 1.54) is 10.5 Å². The minimum Gasteiger partial charge on any atom is -0.351 e. The average molecular weight is 356 g/mol. The maximum Gasteiger partial charge on any atom is 0.251 e. The van der Waals surface area contributed by atoms with E-state index >= 15 is 0 Å². The van der Waals surface area contributed by atoms with Crippen molar-refractivity contribution >= 4 is 17.7 Å². The smallest absolute Gasteiger partial charge is 0.251 e. The van der Waals surface area contributed by atoms with Gasteiger partial charge >= 0.3 is 0 Å². The van der Waals surface area contributed by atoms with Crippen molar-refractivity contribution < 1.29 is 4.79 Å². The Labute approximate surface area is 154 Å². The van der Waals surface area contributed by atoms with Gasteiger partial charge in [0.1, 0.15) is 0 Å². The molecule has 1 saturated heterocycles. The van der Waals surface area contributed by atoms with Crippen LogP contribution in [0.2, 0.25) is 0 Å². The lowest BCUT2D eigenvalue weighted by molar-refractivity contribution is 0.0947. The molecule has 0 unspecified atom stereocenters. The quantitative estimate of drug-likeness (QED) is 0.750. The van der Waals surface area contributed by atoms with Crippen LogP contribution in [0.4, 0.5) is 0 Å². The van der Waals surface area contributed by atoms with Gasteiger partial charge in [-0.3, -0.25) is 9.69 Å². The van der Waals surface area contributed by atoms with Crippen LogP contribution in [0.1, 0.15) is 15.9 Å². The molecule has 2 aromatic carbocycles. The van der Waals surface area contributed by atoms with Crippen LogP contribution in [-0.4, -0.2) is 50.1 Å². The summed E-state index contributed by atoms with van der Waals surface area (Å²) < 4.78 is 0. The molecule has 0 radical (unpaired) electrons. The molecule has 25 heavy (non-hydrogen) atoms. The van der Waals surface area contributed by atoms with E-state index in [2.05, 4.69) is 39.8 Å². The number of thioether (sulfide) groups is 1. The van der Waals surface area contributed by atoms with Crippen molar-refractivity contribution in [3.8, 4) is 0 Å². The molecule has 1 amide bonds. The molecule has 0 saturated carbocycles. The Morgan fingerprint density at radius 3 is 2.48 bits per heavy atom. The third kappa shape index (κ3) is 5.88. The van der Waals surface area contributed by atoms with Gasteiger partial charge in [-0.25, -0.2) is 0 Å². The summed E-state index contributed by atoms with van der Waals surface area (Å²) in [5, 5.41) is 6.35. The fourth-order valence-electron chi connectivity index (χ4n) is 2.81. The van der Waals surface area contributed by atoms with Gasteiger partial charge in [-0.15, -0.1) is 11.8 Å². The molecule has 1 heterocycles. The molecule has 1 fully saturated rings. The van der Waals surface area contributed by atoms with E-state index in [1.54, 1.807) is 11.8 Å². The van der Waals surface area contributed by atoms with E-state index in [9.17, 15) is 4.79 Å². The molecule has 4 nitrogen and oxygen atoms in total. The maximum atomic E-state index is 12.2. The highest BCUT2D eigenvalue weighted by Crippen LogP contribution is 2.22. The van der Waals surface area contributed by atoms with Gasteiger partial charge in [-0.2, -0.15) is 0 Å². The fraction of sp³-hybridized carbons (Fsp3) is 0.350. The van der Waals surface area contributed by atoms with Crippen molar-refractivity contribution in [2.24, 2.45) is 0 Å². The van der Waals surface area contributed by atoms with Crippen LogP contribution in [0.15, 0.2) is 59.5 Å². The second-order valence-corrected chi connectivity index (χ2v) is 7.19. The molecular weight excluding hydrogens is 330 g/mol. The van der Waals surface area contributed by atoms with E-state index in [-0.39, 0.29) is 5.91 Å². The first-order chi connectivity index (χ1) is 12.3. The fourth-order valence-corrected chi connectivity index (χ4v) is 3.66. The molecule has 3 rings (SSSR count). The van der Waals surface area contributed by atoms with Crippen molar-refractivity contribution in [1.82, 2.24) is 15.5 Å². The van der Waals surface area contributed by atoms with Crippen LogP contribution in [0.3, 0.4) is 0 Å². The number of rotatable bonds is 7.